The van der Waals surface area contributed by atoms with Crippen molar-refractivity contribution in [1.82, 2.24) is 4.90 Å². The minimum Gasteiger partial charge on any atom is -0.478 e. The van der Waals surface area contributed by atoms with Crippen molar-refractivity contribution in [3.8, 4) is 0 Å². The summed E-state index contributed by atoms with van der Waals surface area (Å²) in [4.78, 5) is 27.7. The summed E-state index contributed by atoms with van der Waals surface area (Å²) >= 11 is 0. The Labute approximate surface area is 147 Å². The zero-order chi connectivity index (χ0) is 18.0. The number of piperazine rings is 1. The van der Waals surface area contributed by atoms with Crippen LogP contribution in [0.1, 0.15) is 31.8 Å². The molecule has 1 N–H and O–H groups in total. The van der Waals surface area contributed by atoms with Crippen LogP contribution >= 0.6 is 0 Å². The maximum absolute atomic E-state index is 12.6. The Morgan fingerprint density at radius 1 is 0.880 bits per heavy atom. The molecule has 130 valence electrons. The molecule has 2 aromatic rings. The number of anilines is 1. The second kappa shape index (κ2) is 6.97. The van der Waals surface area contributed by atoms with Crippen molar-refractivity contribution in [2.75, 3.05) is 31.1 Å². The molecule has 0 aromatic heterocycles. The van der Waals surface area contributed by atoms with Crippen molar-refractivity contribution in [3.63, 3.8) is 0 Å². The monoisotopic (exact) mass is 338 g/mol. The highest BCUT2D eigenvalue weighted by molar-refractivity contribution is 5.96. The van der Waals surface area contributed by atoms with Gasteiger partial charge in [0.1, 0.15) is 0 Å². The van der Waals surface area contributed by atoms with Gasteiger partial charge in [-0.2, -0.15) is 0 Å². The van der Waals surface area contributed by atoms with Gasteiger partial charge < -0.3 is 14.9 Å². The fraction of sp³-hybridized carbons (Fsp3) is 0.300. The third kappa shape index (κ3) is 3.50. The molecule has 1 amide bonds. The normalized spacial score (nSPS) is 14.5. The van der Waals surface area contributed by atoms with E-state index >= 15 is 0 Å². The van der Waals surface area contributed by atoms with Crippen LogP contribution in [0, 0.1) is 13.8 Å². The Hall–Kier alpha value is -2.82. The first-order valence-corrected chi connectivity index (χ1v) is 8.41. The van der Waals surface area contributed by atoms with Gasteiger partial charge in [-0.15, -0.1) is 0 Å². The van der Waals surface area contributed by atoms with Crippen molar-refractivity contribution in [2.45, 2.75) is 13.8 Å². The van der Waals surface area contributed by atoms with Crippen LogP contribution in [0.2, 0.25) is 0 Å². The molecule has 0 atom stereocenters. The van der Waals surface area contributed by atoms with Crippen molar-refractivity contribution >= 4 is 17.6 Å². The molecule has 5 nitrogen and oxygen atoms in total. The lowest BCUT2D eigenvalue weighted by Gasteiger charge is -2.37. The van der Waals surface area contributed by atoms with E-state index in [9.17, 15) is 9.59 Å². The lowest BCUT2D eigenvalue weighted by Crippen LogP contribution is -2.49. The predicted molar refractivity (Wildman–Crippen MR) is 97.4 cm³/mol. The van der Waals surface area contributed by atoms with Crippen LogP contribution in [0.25, 0.3) is 0 Å². The first kappa shape index (κ1) is 17.0. The van der Waals surface area contributed by atoms with Gasteiger partial charge in [0.2, 0.25) is 0 Å². The van der Waals surface area contributed by atoms with Crippen LogP contribution in [0.15, 0.2) is 42.5 Å². The molecule has 3 rings (SSSR count). The molecule has 0 saturated carbocycles. The molecule has 0 unspecified atom stereocenters. The number of hydrogen-bond acceptors (Lipinski definition) is 3. The molecule has 0 bridgehead atoms. The largest absolute Gasteiger partial charge is 0.478 e. The van der Waals surface area contributed by atoms with Gasteiger partial charge in [-0.3, -0.25) is 4.79 Å². The Morgan fingerprint density at radius 3 is 2.08 bits per heavy atom. The third-order valence-electron chi connectivity index (χ3n) is 4.86. The Bertz CT molecular complexity index is 791. The molecule has 1 aliphatic heterocycles. The van der Waals surface area contributed by atoms with Crippen LogP contribution in [-0.4, -0.2) is 48.1 Å². The number of rotatable bonds is 3. The van der Waals surface area contributed by atoms with E-state index in [-0.39, 0.29) is 11.5 Å². The van der Waals surface area contributed by atoms with Gasteiger partial charge in [-0.05, 0) is 55.3 Å². The quantitative estimate of drug-likeness (QED) is 0.935. The van der Waals surface area contributed by atoms with Gasteiger partial charge in [-0.1, -0.05) is 12.1 Å². The third-order valence-corrected chi connectivity index (χ3v) is 4.86. The summed E-state index contributed by atoms with van der Waals surface area (Å²) in [5.41, 5.74) is 4.51. The van der Waals surface area contributed by atoms with Gasteiger partial charge in [0.15, 0.2) is 0 Å². The van der Waals surface area contributed by atoms with Gasteiger partial charge >= 0.3 is 5.97 Å². The van der Waals surface area contributed by atoms with Gasteiger partial charge in [0.05, 0.1) is 5.56 Å². The zero-order valence-electron chi connectivity index (χ0n) is 14.5. The van der Waals surface area contributed by atoms with Crippen LogP contribution < -0.4 is 4.90 Å². The number of carboxylic acid groups (broad SMARTS) is 1. The summed E-state index contributed by atoms with van der Waals surface area (Å²) < 4.78 is 0. The maximum Gasteiger partial charge on any atom is 0.335 e. The molecule has 5 heteroatoms. The van der Waals surface area contributed by atoms with Crippen LogP contribution in [0.4, 0.5) is 5.69 Å². The van der Waals surface area contributed by atoms with Crippen LogP contribution in [0.3, 0.4) is 0 Å². The fourth-order valence-corrected chi connectivity index (χ4v) is 3.17. The van der Waals surface area contributed by atoms with Crippen molar-refractivity contribution in [1.29, 1.82) is 0 Å². The number of carbonyl (C=O) groups excluding carboxylic acids is 1. The van der Waals surface area contributed by atoms with Crippen molar-refractivity contribution in [3.05, 3.63) is 64.7 Å². The van der Waals surface area contributed by atoms with E-state index in [1.54, 1.807) is 12.1 Å². The van der Waals surface area contributed by atoms with E-state index in [0.29, 0.717) is 18.7 Å². The molecule has 1 saturated heterocycles. The minimum absolute atomic E-state index is 0.0439. The van der Waals surface area contributed by atoms with E-state index < -0.39 is 5.97 Å². The number of carbonyl (C=O) groups is 2. The standard InChI is InChI=1S/C20H22N2O3/c1-14-4-3-5-18(15(14)2)21-10-12-22(13-11-21)19(23)16-6-8-17(9-7-16)20(24)25/h3-9H,10-13H2,1-2H3,(H,24,25). The van der Waals surface area contributed by atoms with Gasteiger partial charge in [0, 0.05) is 37.4 Å². The number of amides is 1. The number of hydrogen-bond donors (Lipinski definition) is 1. The first-order valence-electron chi connectivity index (χ1n) is 8.41. The summed E-state index contributed by atoms with van der Waals surface area (Å²) in [5, 5.41) is 8.94. The molecular formula is C20H22N2O3. The SMILES string of the molecule is Cc1cccc(N2CCN(C(=O)c3ccc(C(=O)O)cc3)CC2)c1C. The summed E-state index contributed by atoms with van der Waals surface area (Å²) in [5.74, 6) is -1.03. The Balaban J connectivity index is 1.66. The van der Waals surface area contributed by atoms with Gasteiger partial charge in [-0.25, -0.2) is 4.79 Å². The van der Waals surface area contributed by atoms with Crippen LogP contribution in [-0.2, 0) is 0 Å². The highest BCUT2D eigenvalue weighted by Gasteiger charge is 2.23. The zero-order valence-corrected chi connectivity index (χ0v) is 14.5. The number of nitrogens with zero attached hydrogens (tertiary/aromatic N) is 2. The fourth-order valence-electron chi connectivity index (χ4n) is 3.17. The van der Waals surface area contributed by atoms with E-state index in [0.717, 1.165) is 13.1 Å². The highest BCUT2D eigenvalue weighted by Crippen LogP contribution is 2.24. The summed E-state index contributed by atoms with van der Waals surface area (Å²) in [6, 6.07) is 12.4. The Morgan fingerprint density at radius 2 is 1.48 bits per heavy atom. The molecule has 0 radical (unpaired) electrons. The highest BCUT2D eigenvalue weighted by atomic mass is 16.4. The molecule has 0 aliphatic carbocycles. The molecule has 2 aromatic carbocycles. The van der Waals surface area contributed by atoms with E-state index in [4.69, 9.17) is 5.11 Å². The number of benzene rings is 2. The Kier molecular flexibility index (Phi) is 4.74. The number of aryl methyl sites for hydroxylation is 1. The lowest BCUT2D eigenvalue weighted by molar-refractivity contribution is 0.0693. The van der Waals surface area contributed by atoms with E-state index in [1.165, 1.54) is 28.9 Å². The second-order valence-electron chi connectivity index (χ2n) is 6.38. The number of carboxylic acids is 1. The molecular weight excluding hydrogens is 316 g/mol. The second-order valence-corrected chi connectivity index (χ2v) is 6.38. The van der Waals surface area contributed by atoms with Gasteiger partial charge in [0.25, 0.3) is 5.91 Å². The topological polar surface area (TPSA) is 60.9 Å². The summed E-state index contributed by atoms with van der Waals surface area (Å²) in [6.45, 7) is 7.15. The average Bonchev–Trinajstić information content (AvgIpc) is 2.64. The molecule has 1 heterocycles. The minimum atomic E-state index is -0.985. The van der Waals surface area contributed by atoms with E-state index in [1.807, 2.05) is 4.90 Å². The summed E-state index contributed by atoms with van der Waals surface area (Å²) in [7, 11) is 0. The first-order chi connectivity index (χ1) is 12.0. The van der Waals surface area contributed by atoms with E-state index in [2.05, 4.69) is 36.9 Å². The molecule has 25 heavy (non-hydrogen) atoms. The molecule has 1 aliphatic rings. The van der Waals surface area contributed by atoms with Crippen molar-refractivity contribution < 1.29 is 14.7 Å². The lowest BCUT2D eigenvalue weighted by atomic mass is 10.1. The number of aromatic carboxylic acids is 1. The van der Waals surface area contributed by atoms with Crippen LogP contribution in [0.5, 0.6) is 0 Å². The summed E-state index contributed by atoms with van der Waals surface area (Å²) in [6.07, 6.45) is 0. The average molecular weight is 338 g/mol. The molecule has 1 fully saturated rings. The predicted octanol–water partition coefficient (Wildman–Crippen LogP) is 2.96. The smallest absolute Gasteiger partial charge is 0.335 e. The molecule has 0 spiro atoms. The maximum atomic E-state index is 12.6. The van der Waals surface area contributed by atoms with Crippen molar-refractivity contribution in [2.24, 2.45) is 0 Å².